The molecule has 0 aliphatic carbocycles. The number of hydrogen-bond donors (Lipinski definition) is 1. The fraction of sp³-hybridized carbons (Fsp3) is 0.304. The molecule has 0 bridgehead atoms. The number of carbonyl (C=O) groups excluding carboxylic acids is 1. The number of aromatic nitrogens is 1. The van der Waals surface area contributed by atoms with Crippen molar-refractivity contribution in [2.45, 2.75) is 6.42 Å². The van der Waals surface area contributed by atoms with E-state index in [2.05, 4.69) is 9.88 Å². The van der Waals surface area contributed by atoms with Gasteiger partial charge >= 0.3 is 0 Å². The zero-order chi connectivity index (χ0) is 20.7. The number of nitrogens with zero attached hydrogens (tertiary/aromatic N) is 3. The summed E-state index contributed by atoms with van der Waals surface area (Å²) >= 11 is 0. The van der Waals surface area contributed by atoms with Gasteiger partial charge in [-0.05, 0) is 47.9 Å². The third-order valence-corrected chi connectivity index (χ3v) is 5.84. The Hall–Kier alpha value is -3.19. The number of rotatable bonds is 3. The van der Waals surface area contributed by atoms with Crippen molar-refractivity contribution in [3.8, 4) is 11.1 Å². The molecule has 0 atom stereocenters. The van der Waals surface area contributed by atoms with Gasteiger partial charge in [-0.3, -0.25) is 4.79 Å². The zero-order valence-electron chi connectivity index (χ0n) is 16.6. The molecule has 154 valence electrons. The molecule has 3 heterocycles. The van der Waals surface area contributed by atoms with Crippen LogP contribution in [0.25, 0.3) is 22.0 Å². The molecular formula is C23H23FN4O2. The van der Waals surface area contributed by atoms with E-state index in [9.17, 15) is 9.18 Å². The first-order valence-corrected chi connectivity index (χ1v) is 10.2. The van der Waals surface area contributed by atoms with Gasteiger partial charge in [0.1, 0.15) is 11.6 Å². The van der Waals surface area contributed by atoms with Gasteiger partial charge in [0.05, 0.1) is 30.0 Å². The molecule has 6 nitrogen and oxygen atoms in total. The van der Waals surface area contributed by atoms with Crippen LogP contribution in [0.5, 0.6) is 0 Å². The molecule has 0 saturated carbocycles. The van der Waals surface area contributed by atoms with E-state index in [-0.39, 0.29) is 5.91 Å². The number of fused-ring (bicyclic) bond motifs is 1. The summed E-state index contributed by atoms with van der Waals surface area (Å²) in [5, 5.41) is 0.926. The van der Waals surface area contributed by atoms with E-state index in [1.807, 2.05) is 24.3 Å². The van der Waals surface area contributed by atoms with Gasteiger partial charge in [-0.1, -0.05) is 12.1 Å². The number of halogens is 1. The summed E-state index contributed by atoms with van der Waals surface area (Å²) in [5.41, 5.74) is 9.86. The first-order chi connectivity index (χ1) is 14.6. The Morgan fingerprint density at radius 3 is 2.57 bits per heavy atom. The highest BCUT2D eigenvalue weighted by Gasteiger charge is 2.25. The number of likely N-dealkylation sites (tertiary alicyclic amines) is 1. The summed E-state index contributed by atoms with van der Waals surface area (Å²) in [6.45, 7) is 4.30. The van der Waals surface area contributed by atoms with Crippen LogP contribution in [0.1, 0.15) is 16.8 Å². The zero-order valence-corrected chi connectivity index (χ0v) is 16.6. The quantitative estimate of drug-likeness (QED) is 0.723. The van der Waals surface area contributed by atoms with Crippen LogP contribution < -0.4 is 10.6 Å². The average molecular weight is 406 g/mol. The molecule has 2 fully saturated rings. The summed E-state index contributed by atoms with van der Waals surface area (Å²) in [5.74, 6) is -0.0414. The van der Waals surface area contributed by atoms with E-state index in [0.717, 1.165) is 60.3 Å². The molecule has 2 N–H and O–H groups in total. The van der Waals surface area contributed by atoms with Crippen molar-refractivity contribution in [2.75, 3.05) is 50.0 Å². The van der Waals surface area contributed by atoms with Crippen LogP contribution in [0.4, 0.5) is 15.9 Å². The lowest BCUT2D eigenvalue weighted by molar-refractivity contribution is 0.0652. The number of pyridine rings is 1. The number of morpholine rings is 1. The average Bonchev–Trinajstić information content (AvgIpc) is 2.72. The van der Waals surface area contributed by atoms with Crippen molar-refractivity contribution in [1.82, 2.24) is 9.88 Å². The molecule has 1 aromatic heterocycles. The minimum absolute atomic E-state index is 0.125. The Kier molecular flexibility index (Phi) is 4.75. The molecule has 2 aliphatic rings. The highest BCUT2D eigenvalue weighted by molar-refractivity contribution is 6.02. The monoisotopic (exact) mass is 406 g/mol. The van der Waals surface area contributed by atoms with Crippen molar-refractivity contribution >= 4 is 28.3 Å². The number of anilines is 2. The van der Waals surface area contributed by atoms with Gasteiger partial charge in [0.15, 0.2) is 0 Å². The normalized spacial score (nSPS) is 16.6. The van der Waals surface area contributed by atoms with Crippen LogP contribution in [0.3, 0.4) is 0 Å². The Labute approximate surface area is 174 Å². The Morgan fingerprint density at radius 2 is 1.83 bits per heavy atom. The van der Waals surface area contributed by atoms with E-state index in [1.165, 1.54) is 12.1 Å². The van der Waals surface area contributed by atoms with Gasteiger partial charge in [-0.15, -0.1) is 0 Å². The topological polar surface area (TPSA) is 71.7 Å². The van der Waals surface area contributed by atoms with E-state index in [4.69, 9.17) is 10.5 Å². The lowest BCUT2D eigenvalue weighted by Crippen LogP contribution is -2.42. The summed E-state index contributed by atoms with van der Waals surface area (Å²) < 4.78 is 19.4. The fourth-order valence-corrected chi connectivity index (χ4v) is 4.04. The Balaban J connectivity index is 1.58. The van der Waals surface area contributed by atoms with Crippen molar-refractivity contribution < 1.29 is 13.9 Å². The van der Waals surface area contributed by atoms with E-state index < -0.39 is 5.82 Å². The molecule has 5 rings (SSSR count). The molecule has 3 aromatic rings. The van der Waals surface area contributed by atoms with Crippen molar-refractivity contribution in [3.05, 3.63) is 53.8 Å². The summed E-state index contributed by atoms with van der Waals surface area (Å²) in [7, 11) is 0. The summed E-state index contributed by atoms with van der Waals surface area (Å²) in [4.78, 5) is 21.3. The largest absolute Gasteiger partial charge is 0.382 e. The summed E-state index contributed by atoms with van der Waals surface area (Å²) in [6.07, 6.45) is 0.990. The van der Waals surface area contributed by atoms with E-state index in [1.54, 1.807) is 11.0 Å². The molecular weight excluding hydrogens is 383 g/mol. The molecule has 1 amide bonds. The molecule has 0 spiro atoms. The minimum Gasteiger partial charge on any atom is -0.382 e. The number of carbonyl (C=O) groups is 1. The van der Waals surface area contributed by atoms with Gasteiger partial charge < -0.3 is 20.3 Å². The molecule has 30 heavy (non-hydrogen) atoms. The summed E-state index contributed by atoms with van der Waals surface area (Å²) in [6, 6.07) is 12.2. The first kappa shape index (κ1) is 18.8. The number of hydrogen-bond acceptors (Lipinski definition) is 5. The van der Waals surface area contributed by atoms with Gasteiger partial charge in [-0.25, -0.2) is 9.37 Å². The highest BCUT2D eigenvalue weighted by Crippen LogP contribution is 2.32. The molecule has 0 radical (unpaired) electrons. The third-order valence-electron chi connectivity index (χ3n) is 5.84. The maximum absolute atomic E-state index is 14.0. The second-order valence-corrected chi connectivity index (χ2v) is 7.74. The molecule has 2 aromatic carbocycles. The van der Waals surface area contributed by atoms with Crippen LogP contribution in [-0.2, 0) is 4.74 Å². The maximum Gasteiger partial charge on any atom is 0.254 e. The lowest BCUT2D eigenvalue weighted by atomic mass is 9.96. The second kappa shape index (κ2) is 7.57. The van der Waals surface area contributed by atoms with Crippen molar-refractivity contribution in [3.63, 3.8) is 0 Å². The molecule has 2 saturated heterocycles. The minimum atomic E-state index is -0.410. The number of ether oxygens (including phenoxy) is 1. The Bertz CT molecular complexity index is 1120. The Morgan fingerprint density at radius 1 is 1.03 bits per heavy atom. The van der Waals surface area contributed by atoms with Crippen LogP contribution in [0.2, 0.25) is 0 Å². The van der Waals surface area contributed by atoms with E-state index in [0.29, 0.717) is 24.6 Å². The molecule has 7 heteroatoms. The smallest absolute Gasteiger partial charge is 0.254 e. The van der Waals surface area contributed by atoms with Crippen molar-refractivity contribution in [1.29, 1.82) is 0 Å². The predicted molar refractivity (Wildman–Crippen MR) is 115 cm³/mol. The predicted octanol–water partition coefficient (Wildman–Crippen LogP) is 3.31. The van der Waals surface area contributed by atoms with Gasteiger partial charge in [0.25, 0.3) is 5.91 Å². The third kappa shape index (κ3) is 3.35. The standard InChI is InChI=1S/C23H23FN4O2/c24-17-3-4-18(19(14-17)23(29)28-6-1-7-28)15-2-5-20-16(12-15)13-21(22(25)26-20)27-8-10-30-11-9-27/h2-5,12-14H,1,6-11H2,(H2,25,26). The van der Waals surface area contributed by atoms with Crippen LogP contribution in [0.15, 0.2) is 42.5 Å². The number of amides is 1. The first-order valence-electron chi connectivity index (χ1n) is 10.2. The number of nitrogen functional groups attached to an aromatic ring is 1. The maximum atomic E-state index is 14.0. The lowest BCUT2D eigenvalue weighted by Gasteiger charge is -2.31. The number of nitrogens with two attached hydrogens (primary N) is 1. The van der Waals surface area contributed by atoms with Crippen LogP contribution >= 0.6 is 0 Å². The number of benzene rings is 2. The molecule has 2 aliphatic heterocycles. The highest BCUT2D eigenvalue weighted by atomic mass is 19.1. The van der Waals surface area contributed by atoms with Crippen LogP contribution in [0, 0.1) is 5.82 Å². The van der Waals surface area contributed by atoms with Gasteiger partial charge in [0, 0.05) is 31.6 Å². The van der Waals surface area contributed by atoms with Gasteiger partial charge in [-0.2, -0.15) is 0 Å². The van der Waals surface area contributed by atoms with Gasteiger partial charge in [0.2, 0.25) is 0 Å². The SMILES string of the molecule is Nc1nc2ccc(-c3ccc(F)cc3C(=O)N3CCC3)cc2cc1N1CCOCC1. The van der Waals surface area contributed by atoms with Crippen molar-refractivity contribution in [2.24, 2.45) is 0 Å². The van der Waals surface area contributed by atoms with Crippen LogP contribution in [-0.4, -0.2) is 55.2 Å². The second-order valence-electron chi connectivity index (χ2n) is 7.74. The fourth-order valence-electron chi connectivity index (χ4n) is 4.04. The molecule has 0 unspecified atom stereocenters. The van der Waals surface area contributed by atoms with E-state index >= 15 is 0 Å².